The number of nitrogens with one attached hydrogen (secondary N) is 3. The predicted octanol–water partition coefficient (Wildman–Crippen LogP) is 4.23. The van der Waals surface area contributed by atoms with Crippen molar-refractivity contribution >= 4 is 23.3 Å². The zero-order chi connectivity index (χ0) is 28.2. The Hall–Kier alpha value is -3.13. The van der Waals surface area contributed by atoms with Gasteiger partial charge in [0.1, 0.15) is 11.7 Å². The molecule has 4 rings (SSSR count). The smallest absolute Gasteiger partial charge is 0.268 e. The van der Waals surface area contributed by atoms with Crippen molar-refractivity contribution in [2.75, 3.05) is 37.6 Å². The molecule has 1 aliphatic heterocycles. The Morgan fingerprint density at radius 2 is 1.74 bits per heavy atom. The molecule has 0 spiro atoms. The molecule has 1 fully saturated rings. The second kappa shape index (κ2) is 12.4. The molecule has 1 aromatic heterocycles. The molecule has 0 radical (unpaired) electrons. The molecule has 1 aromatic carbocycles. The van der Waals surface area contributed by atoms with E-state index in [9.17, 15) is 14.4 Å². The first kappa shape index (κ1) is 28.9. The molecule has 8 heteroatoms. The van der Waals surface area contributed by atoms with Gasteiger partial charge in [0.2, 0.25) is 5.91 Å². The van der Waals surface area contributed by atoms with E-state index in [4.69, 9.17) is 0 Å². The van der Waals surface area contributed by atoms with Crippen molar-refractivity contribution in [1.82, 2.24) is 20.5 Å². The van der Waals surface area contributed by atoms with Crippen LogP contribution in [-0.4, -0.2) is 66.2 Å². The number of piperazine rings is 1. The number of aromatic amines is 1. The highest BCUT2D eigenvalue weighted by Gasteiger charge is 2.35. The number of carbonyl (C=O) groups is 3. The summed E-state index contributed by atoms with van der Waals surface area (Å²) >= 11 is 0. The average Bonchev–Trinajstić information content (AvgIpc) is 3.25. The number of rotatable bonds is 10. The molecule has 8 nitrogen and oxygen atoms in total. The third-order valence-electron chi connectivity index (χ3n) is 8.18. The summed E-state index contributed by atoms with van der Waals surface area (Å²) in [5, 5.41) is 5.97. The standard InChI is InChI=1S/C31H45N5O3/c1-6-8-9-24(34-30(39)28-21(3)27-25(33-28)18-31(4,5)19-26(27)37)29(38)32-20-22-10-12-23(13-11-22)36-16-14-35(7-2)15-17-36/h10-13,24,33H,6-9,14-20H2,1-5H3,(H,32,38)(H,34,39)/t24-/m0/s1. The van der Waals surface area contributed by atoms with Crippen LogP contribution in [0.15, 0.2) is 24.3 Å². The van der Waals surface area contributed by atoms with E-state index in [1.807, 2.05) is 6.92 Å². The number of amides is 2. The lowest BCUT2D eigenvalue weighted by atomic mass is 9.75. The summed E-state index contributed by atoms with van der Waals surface area (Å²) in [6.45, 7) is 15.9. The number of nitrogens with zero attached hydrogens (tertiary/aromatic N) is 2. The van der Waals surface area contributed by atoms with Crippen molar-refractivity contribution in [3.8, 4) is 0 Å². The van der Waals surface area contributed by atoms with Gasteiger partial charge in [0, 0.05) is 56.1 Å². The molecule has 2 heterocycles. The molecule has 212 valence electrons. The Labute approximate surface area is 232 Å². The van der Waals surface area contributed by atoms with Crippen molar-refractivity contribution in [3.05, 3.63) is 52.3 Å². The Balaban J connectivity index is 1.37. The van der Waals surface area contributed by atoms with E-state index >= 15 is 0 Å². The number of hydrogen-bond donors (Lipinski definition) is 3. The molecule has 3 N–H and O–H groups in total. The summed E-state index contributed by atoms with van der Waals surface area (Å²) in [5.41, 5.74) is 4.62. The van der Waals surface area contributed by atoms with Crippen LogP contribution in [0.2, 0.25) is 0 Å². The van der Waals surface area contributed by atoms with Crippen molar-refractivity contribution in [2.45, 2.75) is 79.3 Å². The Bertz CT molecular complexity index is 1180. The SMILES string of the molecule is CCCC[C@H](NC(=O)c1[nH]c2c(c1C)C(=O)CC(C)(C)C2)C(=O)NCc1ccc(N2CCN(CC)CC2)cc1. The van der Waals surface area contributed by atoms with Gasteiger partial charge in [-0.05, 0) is 55.0 Å². The van der Waals surface area contributed by atoms with Gasteiger partial charge < -0.3 is 25.4 Å². The Kier molecular flexibility index (Phi) is 9.15. The number of Topliss-reactive ketones (excluding diaryl/α,β-unsaturated/α-hetero) is 1. The van der Waals surface area contributed by atoms with Gasteiger partial charge >= 0.3 is 0 Å². The fraction of sp³-hybridized carbons (Fsp3) is 0.581. The van der Waals surface area contributed by atoms with Crippen LogP contribution in [0.25, 0.3) is 0 Å². The van der Waals surface area contributed by atoms with Gasteiger partial charge in [0.05, 0.1) is 0 Å². The fourth-order valence-corrected chi connectivity index (χ4v) is 5.83. The lowest BCUT2D eigenvalue weighted by Crippen LogP contribution is -2.46. The molecule has 1 atom stereocenters. The first-order valence-electron chi connectivity index (χ1n) is 14.5. The maximum atomic E-state index is 13.3. The highest BCUT2D eigenvalue weighted by atomic mass is 16.2. The fourth-order valence-electron chi connectivity index (χ4n) is 5.83. The third-order valence-corrected chi connectivity index (χ3v) is 8.18. The van der Waals surface area contributed by atoms with Gasteiger partial charge in [-0.3, -0.25) is 14.4 Å². The van der Waals surface area contributed by atoms with Crippen LogP contribution < -0.4 is 15.5 Å². The topological polar surface area (TPSA) is 97.5 Å². The van der Waals surface area contributed by atoms with Gasteiger partial charge in [-0.1, -0.05) is 52.7 Å². The monoisotopic (exact) mass is 535 g/mol. The normalized spacial score (nSPS) is 18.0. The summed E-state index contributed by atoms with van der Waals surface area (Å²) in [5.74, 6) is -0.456. The van der Waals surface area contributed by atoms with Crippen LogP contribution in [0.1, 0.15) is 91.0 Å². The van der Waals surface area contributed by atoms with Gasteiger partial charge in [-0.2, -0.15) is 0 Å². The largest absolute Gasteiger partial charge is 0.369 e. The molecule has 2 aromatic rings. The molecule has 1 saturated heterocycles. The zero-order valence-corrected chi connectivity index (χ0v) is 24.3. The van der Waals surface area contributed by atoms with E-state index in [0.29, 0.717) is 36.2 Å². The van der Waals surface area contributed by atoms with Crippen LogP contribution >= 0.6 is 0 Å². The summed E-state index contributed by atoms with van der Waals surface area (Å²) < 4.78 is 0. The Morgan fingerprint density at radius 1 is 1.05 bits per heavy atom. The first-order valence-corrected chi connectivity index (χ1v) is 14.5. The molecule has 0 bridgehead atoms. The number of ketones is 1. The molecule has 2 aliphatic rings. The number of fused-ring (bicyclic) bond motifs is 1. The van der Waals surface area contributed by atoms with Gasteiger partial charge in [0.25, 0.3) is 5.91 Å². The highest BCUT2D eigenvalue weighted by Crippen LogP contribution is 2.36. The number of unbranched alkanes of at least 4 members (excludes halogenated alkanes) is 1. The lowest BCUT2D eigenvalue weighted by Gasteiger charge is -2.35. The van der Waals surface area contributed by atoms with Crippen LogP contribution in [0.3, 0.4) is 0 Å². The van der Waals surface area contributed by atoms with E-state index in [1.54, 1.807) is 0 Å². The average molecular weight is 536 g/mol. The van der Waals surface area contributed by atoms with Crippen molar-refractivity contribution in [3.63, 3.8) is 0 Å². The summed E-state index contributed by atoms with van der Waals surface area (Å²) in [6, 6.07) is 7.73. The molecular weight excluding hydrogens is 490 g/mol. The first-order chi connectivity index (χ1) is 18.6. The van der Waals surface area contributed by atoms with E-state index in [2.05, 4.69) is 77.4 Å². The molecular formula is C31H45N5O3. The number of carbonyl (C=O) groups excluding carboxylic acids is 3. The van der Waals surface area contributed by atoms with Crippen LogP contribution in [-0.2, 0) is 17.8 Å². The summed E-state index contributed by atoms with van der Waals surface area (Å²) in [6.07, 6.45) is 3.49. The number of hydrogen-bond acceptors (Lipinski definition) is 5. The number of H-pyrrole nitrogens is 1. The minimum Gasteiger partial charge on any atom is -0.369 e. The van der Waals surface area contributed by atoms with Crippen molar-refractivity contribution < 1.29 is 14.4 Å². The zero-order valence-electron chi connectivity index (χ0n) is 24.3. The second-order valence-corrected chi connectivity index (χ2v) is 11.9. The van der Waals surface area contributed by atoms with Crippen LogP contribution in [0.5, 0.6) is 0 Å². The van der Waals surface area contributed by atoms with E-state index in [-0.39, 0.29) is 23.0 Å². The van der Waals surface area contributed by atoms with Gasteiger partial charge in [-0.25, -0.2) is 0 Å². The molecule has 0 unspecified atom stereocenters. The maximum absolute atomic E-state index is 13.3. The van der Waals surface area contributed by atoms with E-state index in [0.717, 1.165) is 63.2 Å². The van der Waals surface area contributed by atoms with E-state index < -0.39 is 6.04 Å². The minimum atomic E-state index is -0.640. The summed E-state index contributed by atoms with van der Waals surface area (Å²) in [4.78, 5) is 47.3. The Morgan fingerprint density at radius 3 is 2.38 bits per heavy atom. The number of benzene rings is 1. The van der Waals surface area contributed by atoms with Crippen LogP contribution in [0, 0.1) is 12.3 Å². The molecule has 1 aliphatic carbocycles. The van der Waals surface area contributed by atoms with E-state index in [1.165, 1.54) is 5.69 Å². The lowest BCUT2D eigenvalue weighted by molar-refractivity contribution is -0.123. The third kappa shape index (κ3) is 6.90. The quantitative estimate of drug-likeness (QED) is 0.423. The van der Waals surface area contributed by atoms with Gasteiger partial charge in [-0.15, -0.1) is 0 Å². The molecule has 39 heavy (non-hydrogen) atoms. The summed E-state index contributed by atoms with van der Waals surface area (Å²) in [7, 11) is 0. The number of anilines is 1. The predicted molar refractivity (Wildman–Crippen MR) is 155 cm³/mol. The van der Waals surface area contributed by atoms with Gasteiger partial charge in [0.15, 0.2) is 5.78 Å². The van der Waals surface area contributed by atoms with Crippen LogP contribution in [0.4, 0.5) is 5.69 Å². The molecule has 2 amide bonds. The minimum absolute atomic E-state index is 0.0727. The maximum Gasteiger partial charge on any atom is 0.268 e. The molecule has 0 saturated carbocycles. The number of aromatic nitrogens is 1. The highest BCUT2D eigenvalue weighted by molar-refractivity contribution is 6.05. The second-order valence-electron chi connectivity index (χ2n) is 11.9. The number of likely N-dealkylation sites (N-methyl/N-ethyl adjacent to an activating group) is 1. The van der Waals surface area contributed by atoms with Crippen molar-refractivity contribution in [1.29, 1.82) is 0 Å². The van der Waals surface area contributed by atoms with Crippen molar-refractivity contribution in [2.24, 2.45) is 5.41 Å².